The molecule has 7 nitrogen and oxygen atoms in total. The minimum atomic E-state index is -4.77. The molecule has 1 aliphatic heterocycles. The zero-order valence-electron chi connectivity index (χ0n) is 16.6. The minimum absolute atomic E-state index is 0.0525. The summed E-state index contributed by atoms with van der Waals surface area (Å²) in [5.41, 5.74) is 1.50. The standard InChI is InChI=1S/C20H21F3N2O5S/c1-2-31(27,28)24-9-10-25-11-12-29-18-8-5-15(13-17(18)19(25)26)14-3-6-16(7-4-14)30-20(21,22)23/h3-8,13,24H,2,9-12H2,1H3. The van der Waals surface area contributed by atoms with Gasteiger partial charge in [0.15, 0.2) is 0 Å². The number of fused-ring (bicyclic) bond motifs is 1. The molecule has 168 valence electrons. The van der Waals surface area contributed by atoms with E-state index in [9.17, 15) is 26.4 Å². The van der Waals surface area contributed by atoms with Crippen LogP contribution in [-0.4, -0.2) is 57.6 Å². The van der Waals surface area contributed by atoms with Crippen LogP contribution in [-0.2, 0) is 10.0 Å². The van der Waals surface area contributed by atoms with Gasteiger partial charge in [0.2, 0.25) is 10.0 Å². The Hall–Kier alpha value is -2.79. The third-order valence-electron chi connectivity index (χ3n) is 4.62. The SMILES string of the molecule is CCS(=O)(=O)NCCN1CCOc2ccc(-c3ccc(OC(F)(F)F)cc3)cc2C1=O. The first-order chi connectivity index (χ1) is 14.6. The van der Waals surface area contributed by atoms with Crippen molar-refractivity contribution >= 4 is 15.9 Å². The van der Waals surface area contributed by atoms with Crippen molar-refractivity contribution in [2.45, 2.75) is 13.3 Å². The summed E-state index contributed by atoms with van der Waals surface area (Å²) in [6, 6.07) is 10.2. The van der Waals surface area contributed by atoms with Gasteiger partial charge in [-0.3, -0.25) is 4.79 Å². The lowest BCUT2D eigenvalue weighted by Gasteiger charge is -2.20. The number of hydrogen-bond acceptors (Lipinski definition) is 5. The minimum Gasteiger partial charge on any atom is -0.491 e. The maximum Gasteiger partial charge on any atom is 0.573 e. The number of ether oxygens (including phenoxy) is 2. The van der Waals surface area contributed by atoms with Gasteiger partial charge in [-0.1, -0.05) is 18.2 Å². The number of amides is 1. The number of nitrogens with one attached hydrogen (secondary N) is 1. The lowest BCUT2D eigenvalue weighted by Crippen LogP contribution is -2.39. The summed E-state index contributed by atoms with van der Waals surface area (Å²) >= 11 is 0. The van der Waals surface area contributed by atoms with E-state index in [1.165, 1.54) is 36.1 Å². The molecule has 0 radical (unpaired) electrons. The van der Waals surface area contributed by atoms with Gasteiger partial charge in [0.25, 0.3) is 5.91 Å². The summed E-state index contributed by atoms with van der Waals surface area (Å²) in [4.78, 5) is 14.5. The van der Waals surface area contributed by atoms with E-state index in [0.29, 0.717) is 29.0 Å². The number of alkyl halides is 3. The molecule has 0 unspecified atom stereocenters. The first kappa shape index (κ1) is 22.9. The molecule has 1 aliphatic rings. The normalized spacial score (nSPS) is 14.6. The van der Waals surface area contributed by atoms with Crippen molar-refractivity contribution in [3.63, 3.8) is 0 Å². The van der Waals surface area contributed by atoms with Gasteiger partial charge >= 0.3 is 6.36 Å². The van der Waals surface area contributed by atoms with Crippen LogP contribution in [0.1, 0.15) is 17.3 Å². The Morgan fingerprint density at radius 3 is 2.45 bits per heavy atom. The van der Waals surface area contributed by atoms with Crippen LogP contribution in [0.5, 0.6) is 11.5 Å². The maximum atomic E-state index is 13.0. The summed E-state index contributed by atoms with van der Waals surface area (Å²) < 4.78 is 72.1. The Labute approximate surface area is 177 Å². The van der Waals surface area contributed by atoms with Gasteiger partial charge in [-0.15, -0.1) is 13.2 Å². The number of carbonyl (C=O) groups is 1. The van der Waals surface area contributed by atoms with E-state index >= 15 is 0 Å². The van der Waals surface area contributed by atoms with E-state index in [2.05, 4.69) is 9.46 Å². The fourth-order valence-corrected chi connectivity index (χ4v) is 3.65. The molecule has 0 spiro atoms. The first-order valence-corrected chi connectivity index (χ1v) is 11.1. The Bertz CT molecular complexity index is 1040. The summed E-state index contributed by atoms with van der Waals surface area (Å²) in [6.45, 7) is 2.32. The molecule has 0 aliphatic carbocycles. The molecule has 2 aromatic carbocycles. The summed E-state index contributed by atoms with van der Waals surface area (Å²) in [7, 11) is -3.37. The Morgan fingerprint density at radius 1 is 1.13 bits per heavy atom. The van der Waals surface area contributed by atoms with Gasteiger partial charge in [0.05, 0.1) is 17.9 Å². The van der Waals surface area contributed by atoms with Crippen molar-refractivity contribution in [1.29, 1.82) is 0 Å². The lowest BCUT2D eigenvalue weighted by molar-refractivity contribution is -0.274. The Balaban J connectivity index is 1.78. The highest BCUT2D eigenvalue weighted by atomic mass is 32.2. The molecule has 1 heterocycles. The topological polar surface area (TPSA) is 84.9 Å². The maximum absolute atomic E-state index is 13.0. The average Bonchev–Trinajstić information content (AvgIpc) is 2.86. The molecule has 0 saturated carbocycles. The molecule has 0 saturated heterocycles. The number of carbonyl (C=O) groups excluding carboxylic acids is 1. The van der Waals surface area contributed by atoms with Crippen molar-refractivity contribution in [2.75, 3.05) is 32.0 Å². The van der Waals surface area contributed by atoms with Crippen LogP contribution < -0.4 is 14.2 Å². The predicted molar refractivity (Wildman–Crippen MR) is 107 cm³/mol. The van der Waals surface area contributed by atoms with Crippen LogP contribution in [0.4, 0.5) is 13.2 Å². The molecule has 0 fully saturated rings. The number of hydrogen-bond donors (Lipinski definition) is 1. The Morgan fingerprint density at radius 2 is 1.81 bits per heavy atom. The molecule has 0 atom stereocenters. The van der Waals surface area contributed by atoms with Gasteiger partial charge in [0.1, 0.15) is 18.1 Å². The number of sulfonamides is 1. The molecule has 0 aromatic heterocycles. The van der Waals surface area contributed by atoms with Crippen LogP contribution in [0.25, 0.3) is 11.1 Å². The van der Waals surface area contributed by atoms with Crippen LogP contribution in [0.15, 0.2) is 42.5 Å². The quantitative estimate of drug-likeness (QED) is 0.690. The first-order valence-electron chi connectivity index (χ1n) is 9.47. The van der Waals surface area contributed by atoms with E-state index < -0.39 is 16.4 Å². The van der Waals surface area contributed by atoms with Crippen molar-refractivity contribution in [1.82, 2.24) is 9.62 Å². The van der Waals surface area contributed by atoms with Gasteiger partial charge in [-0.05, 0) is 42.3 Å². The van der Waals surface area contributed by atoms with Crippen LogP contribution in [0, 0.1) is 0 Å². The summed E-state index contributed by atoms with van der Waals surface area (Å²) in [5, 5.41) is 0. The second kappa shape index (κ2) is 9.15. The molecular weight excluding hydrogens is 437 g/mol. The third kappa shape index (κ3) is 6.11. The molecular formula is C20H21F3N2O5S. The molecule has 1 N–H and O–H groups in total. The molecule has 11 heteroatoms. The highest BCUT2D eigenvalue weighted by Gasteiger charge is 2.31. The molecule has 2 aromatic rings. The van der Waals surface area contributed by atoms with Gasteiger partial charge in [-0.2, -0.15) is 0 Å². The van der Waals surface area contributed by atoms with Crippen LogP contribution >= 0.6 is 0 Å². The van der Waals surface area contributed by atoms with Crippen molar-refractivity contribution < 1.29 is 35.9 Å². The summed E-state index contributed by atoms with van der Waals surface area (Å²) in [6.07, 6.45) is -4.77. The predicted octanol–water partition coefficient (Wildman–Crippen LogP) is 3.03. The van der Waals surface area contributed by atoms with E-state index in [1.807, 2.05) is 0 Å². The van der Waals surface area contributed by atoms with Crippen LogP contribution in [0.3, 0.4) is 0 Å². The smallest absolute Gasteiger partial charge is 0.491 e. The van der Waals surface area contributed by atoms with E-state index in [0.717, 1.165) is 0 Å². The zero-order valence-corrected chi connectivity index (χ0v) is 17.4. The average molecular weight is 458 g/mol. The highest BCUT2D eigenvalue weighted by molar-refractivity contribution is 7.89. The zero-order chi connectivity index (χ0) is 22.6. The fourth-order valence-electron chi connectivity index (χ4n) is 3.04. The number of benzene rings is 2. The Kier molecular flexibility index (Phi) is 6.75. The second-order valence-corrected chi connectivity index (χ2v) is 8.82. The molecule has 31 heavy (non-hydrogen) atoms. The monoisotopic (exact) mass is 458 g/mol. The number of nitrogens with zero attached hydrogens (tertiary/aromatic N) is 1. The van der Waals surface area contributed by atoms with Crippen molar-refractivity contribution in [3.8, 4) is 22.6 Å². The second-order valence-electron chi connectivity index (χ2n) is 6.72. The van der Waals surface area contributed by atoms with Gasteiger partial charge in [0, 0.05) is 13.1 Å². The van der Waals surface area contributed by atoms with Gasteiger partial charge in [-0.25, -0.2) is 13.1 Å². The third-order valence-corrected chi connectivity index (χ3v) is 6.02. The fraction of sp³-hybridized carbons (Fsp3) is 0.350. The number of rotatable bonds is 7. The van der Waals surface area contributed by atoms with E-state index in [4.69, 9.17) is 4.74 Å². The highest BCUT2D eigenvalue weighted by Crippen LogP contribution is 2.31. The lowest BCUT2D eigenvalue weighted by atomic mass is 10.0. The summed E-state index contributed by atoms with van der Waals surface area (Å²) in [5.74, 6) is -0.320. The number of halogens is 3. The van der Waals surface area contributed by atoms with Crippen molar-refractivity contribution in [2.24, 2.45) is 0 Å². The van der Waals surface area contributed by atoms with Gasteiger partial charge < -0.3 is 14.4 Å². The van der Waals surface area contributed by atoms with Crippen molar-refractivity contribution in [3.05, 3.63) is 48.0 Å². The molecule has 0 bridgehead atoms. The molecule has 3 rings (SSSR count). The van der Waals surface area contributed by atoms with E-state index in [1.54, 1.807) is 18.2 Å². The largest absolute Gasteiger partial charge is 0.573 e. The van der Waals surface area contributed by atoms with Crippen LogP contribution in [0.2, 0.25) is 0 Å². The molecule has 1 amide bonds. The van der Waals surface area contributed by atoms with E-state index in [-0.39, 0.29) is 37.1 Å².